The number of aryl methyl sites for hydroxylation is 1. The zero-order valence-corrected chi connectivity index (χ0v) is 19.7. The van der Waals surface area contributed by atoms with Gasteiger partial charge in [-0.25, -0.2) is 9.79 Å². The summed E-state index contributed by atoms with van der Waals surface area (Å²) in [4.78, 5) is 15.9. The molecule has 0 unspecified atom stereocenters. The number of hydrogen-bond donors (Lipinski definition) is 3. The van der Waals surface area contributed by atoms with Crippen LogP contribution in [0.3, 0.4) is 0 Å². The summed E-state index contributed by atoms with van der Waals surface area (Å²) in [5.74, 6) is 1.61. The number of fused-ring (bicyclic) bond motifs is 1. The number of rotatable bonds is 6. The quantitative estimate of drug-likeness (QED) is 0.246. The molecule has 0 bridgehead atoms. The van der Waals surface area contributed by atoms with E-state index in [2.05, 4.69) is 38.7 Å². The molecule has 0 aliphatic heterocycles. The van der Waals surface area contributed by atoms with E-state index in [9.17, 15) is 4.79 Å². The Balaban J connectivity index is 0.00000320. The van der Waals surface area contributed by atoms with Crippen molar-refractivity contribution in [2.75, 3.05) is 19.0 Å². The van der Waals surface area contributed by atoms with E-state index in [-0.39, 0.29) is 24.0 Å². The second-order valence-electron chi connectivity index (χ2n) is 6.51. The van der Waals surface area contributed by atoms with Gasteiger partial charge in [0.1, 0.15) is 11.3 Å². The number of guanidine groups is 1. The van der Waals surface area contributed by atoms with Crippen LogP contribution in [0.15, 0.2) is 57.9 Å². The molecule has 3 rings (SSSR count). The number of ether oxygens (including phenoxy) is 1. The fraction of sp³-hybridized carbons (Fsp3) is 0.273. The van der Waals surface area contributed by atoms with E-state index < -0.39 is 6.09 Å². The monoisotopic (exact) mass is 522 g/mol. The zero-order chi connectivity index (χ0) is 20.6. The molecule has 0 saturated carbocycles. The third kappa shape index (κ3) is 6.12. The Kier molecular flexibility index (Phi) is 8.97. The number of benzene rings is 2. The number of para-hydroxylation sites is 1. The van der Waals surface area contributed by atoms with Gasteiger partial charge in [0.05, 0.1) is 20.2 Å². The van der Waals surface area contributed by atoms with Gasteiger partial charge in [-0.05, 0) is 37.6 Å². The van der Waals surface area contributed by atoms with Crippen LogP contribution in [0.25, 0.3) is 11.0 Å². The van der Waals surface area contributed by atoms with Gasteiger partial charge in [0.25, 0.3) is 0 Å². The van der Waals surface area contributed by atoms with Crippen molar-refractivity contribution in [2.45, 2.75) is 26.9 Å². The van der Waals surface area contributed by atoms with E-state index in [0.29, 0.717) is 24.7 Å². The molecular formula is C22H27IN4O3. The molecule has 1 amide bonds. The lowest BCUT2D eigenvalue weighted by atomic mass is 10.1. The summed E-state index contributed by atoms with van der Waals surface area (Å²) in [5.41, 5.74) is 3.73. The SMILES string of the molecule is CCNC(=NCc1ccc(NC(=O)OC)cc1)NCc1oc2ccccc2c1C.I. The summed E-state index contributed by atoms with van der Waals surface area (Å²) in [6.45, 7) is 5.90. The number of aliphatic imine (C=N–C) groups is 1. The third-order valence-electron chi connectivity index (χ3n) is 4.51. The highest BCUT2D eigenvalue weighted by Gasteiger charge is 2.10. The van der Waals surface area contributed by atoms with Crippen LogP contribution in [-0.4, -0.2) is 25.7 Å². The number of nitrogens with one attached hydrogen (secondary N) is 3. The number of amides is 1. The number of nitrogens with zero attached hydrogens (tertiary/aromatic N) is 1. The molecule has 30 heavy (non-hydrogen) atoms. The zero-order valence-electron chi connectivity index (χ0n) is 17.3. The standard InChI is InChI=1S/C22H26N4O3.HI/c1-4-23-21(24-13-16-9-11-17(12-10-16)26-22(27)28-3)25-14-20-15(2)18-7-5-6-8-19(18)29-20;/h5-12H,4,13-14H2,1-3H3,(H,26,27)(H2,23,24,25);1H. The van der Waals surface area contributed by atoms with Gasteiger partial charge in [0, 0.05) is 23.2 Å². The Morgan fingerprint density at radius 2 is 1.83 bits per heavy atom. The molecule has 0 aliphatic carbocycles. The lowest BCUT2D eigenvalue weighted by Crippen LogP contribution is -2.36. The van der Waals surface area contributed by atoms with Crippen LogP contribution in [0.5, 0.6) is 0 Å². The molecule has 0 radical (unpaired) electrons. The van der Waals surface area contributed by atoms with E-state index in [0.717, 1.165) is 34.4 Å². The van der Waals surface area contributed by atoms with Gasteiger partial charge in [-0.1, -0.05) is 30.3 Å². The van der Waals surface area contributed by atoms with Crippen LogP contribution in [0.1, 0.15) is 23.8 Å². The molecule has 1 aromatic heterocycles. The summed E-state index contributed by atoms with van der Waals surface area (Å²) in [5, 5.41) is 10.3. The fourth-order valence-electron chi connectivity index (χ4n) is 2.93. The van der Waals surface area contributed by atoms with Gasteiger partial charge in [-0.2, -0.15) is 0 Å². The van der Waals surface area contributed by atoms with Crippen molar-refractivity contribution in [1.29, 1.82) is 0 Å². The second kappa shape index (κ2) is 11.4. The van der Waals surface area contributed by atoms with Gasteiger partial charge in [0.15, 0.2) is 5.96 Å². The summed E-state index contributed by atoms with van der Waals surface area (Å²) in [6.07, 6.45) is -0.490. The van der Waals surface area contributed by atoms with Crippen LogP contribution in [0.4, 0.5) is 10.5 Å². The van der Waals surface area contributed by atoms with Crippen LogP contribution in [-0.2, 0) is 17.8 Å². The van der Waals surface area contributed by atoms with Crippen LogP contribution in [0, 0.1) is 6.92 Å². The molecule has 160 valence electrons. The second-order valence-corrected chi connectivity index (χ2v) is 6.51. The Labute approximate surface area is 193 Å². The average molecular weight is 522 g/mol. The van der Waals surface area contributed by atoms with Crippen molar-refractivity contribution in [1.82, 2.24) is 10.6 Å². The van der Waals surface area contributed by atoms with Gasteiger partial charge in [0.2, 0.25) is 0 Å². The number of carbonyl (C=O) groups is 1. The third-order valence-corrected chi connectivity index (χ3v) is 4.51. The number of methoxy groups -OCH3 is 1. The lowest BCUT2D eigenvalue weighted by molar-refractivity contribution is 0.187. The number of carbonyl (C=O) groups excluding carboxylic acids is 1. The molecule has 1 heterocycles. The van der Waals surface area contributed by atoms with Crippen molar-refractivity contribution in [3.63, 3.8) is 0 Å². The number of halogens is 1. The molecule has 3 aromatic rings. The number of hydrogen-bond acceptors (Lipinski definition) is 4. The first-order chi connectivity index (χ1) is 14.1. The highest BCUT2D eigenvalue weighted by atomic mass is 127. The summed E-state index contributed by atoms with van der Waals surface area (Å²) < 4.78 is 10.5. The van der Waals surface area contributed by atoms with Crippen molar-refractivity contribution in [3.8, 4) is 0 Å². The predicted molar refractivity (Wildman–Crippen MR) is 130 cm³/mol. The molecule has 0 spiro atoms. The van der Waals surface area contributed by atoms with Crippen molar-refractivity contribution >= 4 is 52.7 Å². The first kappa shape index (κ1) is 23.5. The minimum atomic E-state index is -0.490. The first-order valence-electron chi connectivity index (χ1n) is 9.53. The summed E-state index contributed by atoms with van der Waals surface area (Å²) >= 11 is 0. The predicted octanol–water partition coefficient (Wildman–Crippen LogP) is 4.79. The van der Waals surface area contributed by atoms with Crippen molar-refractivity contribution in [3.05, 3.63) is 65.4 Å². The Bertz CT molecular complexity index is 999. The normalized spacial score (nSPS) is 11.0. The summed E-state index contributed by atoms with van der Waals surface area (Å²) in [6, 6.07) is 15.5. The van der Waals surface area contributed by atoms with E-state index in [1.54, 1.807) is 0 Å². The molecule has 0 aliphatic rings. The molecule has 7 nitrogen and oxygen atoms in total. The van der Waals surface area contributed by atoms with Gasteiger partial charge in [-0.15, -0.1) is 24.0 Å². The highest BCUT2D eigenvalue weighted by Crippen LogP contribution is 2.24. The van der Waals surface area contributed by atoms with Crippen LogP contribution in [0.2, 0.25) is 0 Å². The maximum atomic E-state index is 11.2. The largest absolute Gasteiger partial charge is 0.459 e. The fourth-order valence-corrected chi connectivity index (χ4v) is 2.93. The minimum absolute atomic E-state index is 0. The van der Waals surface area contributed by atoms with E-state index in [4.69, 9.17) is 4.42 Å². The van der Waals surface area contributed by atoms with Gasteiger partial charge < -0.3 is 19.8 Å². The molecule has 0 atom stereocenters. The van der Waals surface area contributed by atoms with E-state index in [1.807, 2.05) is 49.4 Å². The smallest absolute Gasteiger partial charge is 0.411 e. The minimum Gasteiger partial charge on any atom is -0.459 e. The molecule has 0 fully saturated rings. The molecule has 0 saturated heterocycles. The van der Waals surface area contributed by atoms with E-state index in [1.165, 1.54) is 7.11 Å². The first-order valence-corrected chi connectivity index (χ1v) is 9.53. The van der Waals surface area contributed by atoms with Gasteiger partial charge in [-0.3, -0.25) is 5.32 Å². The highest BCUT2D eigenvalue weighted by molar-refractivity contribution is 14.0. The van der Waals surface area contributed by atoms with Crippen LogP contribution >= 0.6 is 24.0 Å². The maximum absolute atomic E-state index is 11.2. The molecule has 3 N–H and O–H groups in total. The van der Waals surface area contributed by atoms with Gasteiger partial charge >= 0.3 is 6.09 Å². The Morgan fingerprint density at radius 3 is 2.50 bits per heavy atom. The number of furan rings is 1. The number of anilines is 1. The molecule has 2 aromatic carbocycles. The van der Waals surface area contributed by atoms with Crippen molar-refractivity contribution in [2.24, 2.45) is 4.99 Å². The average Bonchev–Trinajstić information content (AvgIpc) is 3.07. The summed E-state index contributed by atoms with van der Waals surface area (Å²) in [7, 11) is 1.33. The Hall–Kier alpha value is -2.75. The topological polar surface area (TPSA) is 87.9 Å². The van der Waals surface area contributed by atoms with Crippen LogP contribution < -0.4 is 16.0 Å². The van der Waals surface area contributed by atoms with Crippen molar-refractivity contribution < 1.29 is 13.9 Å². The Morgan fingerprint density at radius 1 is 1.10 bits per heavy atom. The maximum Gasteiger partial charge on any atom is 0.411 e. The van der Waals surface area contributed by atoms with E-state index >= 15 is 0 Å². The molecular weight excluding hydrogens is 495 g/mol. The lowest BCUT2D eigenvalue weighted by Gasteiger charge is -2.11. The molecule has 8 heteroatoms.